The summed E-state index contributed by atoms with van der Waals surface area (Å²) in [7, 11) is 3.56. The maximum absolute atomic E-state index is 6.16. The average molecular weight is 465 g/mol. The van der Waals surface area contributed by atoms with E-state index in [4.69, 9.17) is 9.47 Å². The highest BCUT2D eigenvalue weighted by atomic mass is 16.5. The lowest BCUT2D eigenvalue weighted by atomic mass is 9.88. The normalized spacial score (nSPS) is 12.4. The highest BCUT2D eigenvalue weighted by Crippen LogP contribution is 2.53. The van der Waals surface area contributed by atoms with Crippen LogP contribution >= 0.6 is 0 Å². The van der Waals surface area contributed by atoms with Gasteiger partial charge in [0.1, 0.15) is 11.5 Å². The second-order valence-electron chi connectivity index (χ2n) is 10.2. The van der Waals surface area contributed by atoms with Crippen LogP contribution in [0.25, 0.3) is 76.1 Å². The van der Waals surface area contributed by atoms with Gasteiger partial charge < -0.3 is 9.47 Å². The maximum Gasteiger partial charge on any atom is 0.134 e. The minimum atomic E-state index is 0.907. The summed E-state index contributed by atoms with van der Waals surface area (Å²) in [4.78, 5) is 0. The molecular weight excluding hydrogens is 440 g/mol. The Kier molecular flexibility index (Phi) is 3.70. The largest absolute Gasteiger partial charge is 0.496 e. The van der Waals surface area contributed by atoms with Gasteiger partial charge >= 0.3 is 0 Å². The molecule has 0 atom stereocenters. The molecule has 0 heterocycles. The monoisotopic (exact) mass is 464 g/mol. The summed E-state index contributed by atoms with van der Waals surface area (Å²) in [5.74, 6) is 1.85. The van der Waals surface area contributed by atoms with Crippen LogP contribution < -0.4 is 9.47 Å². The van der Waals surface area contributed by atoms with Crippen molar-refractivity contribution in [2.75, 3.05) is 14.2 Å². The topological polar surface area (TPSA) is 18.5 Å². The predicted molar refractivity (Wildman–Crippen MR) is 152 cm³/mol. The van der Waals surface area contributed by atoms with E-state index in [9.17, 15) is 0 Å². The maximum atomic E-state index is 6.16. The van der Waals surface area contributed by atoms with Crippen molar-refractivity contribution in [3.05, 3.63) is 83.9 Å². The van der Waals surface area contributed by atoms with Gasteiger partial charge in [0.15, 0.2) is 0 Å². The lowest BCUT2D eigenvalue weighted by Crippen LogP contribution is -1.94. The summed E-state index contributed by atoms with van der Waals surface area (Å²) in [5.41, 5.74) is 7.81. The van der Waals surface area contributed by atoms with Crippen LogP contribution in [0, 0.1) is 13.8 Å². The number of methoxy groups -OCH3 is 2. The molecule has 0 saturated carbocycles. The Morgan fingerprint density at radius 3 is 1.89 bits per heavy atom. The van der Waals surface area contributed by atoms with Gasteiger partial charge in [-0.05, 0) is 98.4 Å². The van der Waals surface area contributed by atoms with E-state index < -0.39 is 0 Å². The molecule has 0 unspecified atom stereocenters. The number of hydrogen-bond acceptors (Lipinski definition) is 2. The molecule has 2 heteroatoms. The minimum Gasteiger partial charge on any atom is -0.496 e. The van der Waals surface area contributed by atoms with Crippen molar-refractivity contribution in [2.45, 2.75) is 13.8 Å². The quantitative estimate of drug-likeness (QED) is 0.187. The van der Waals surface area contributed by atoms with Crippen molar-refractivity contribution in [1.82, 2.24) is 0 Å². The highest BCUT2D eigenvalue weighted by molar-refractivity contribution is 6.33. The van der Waals surface area contributed by atoms with E-state index in [2.05, 4.69) is 86.6 Å². The Morgan fingerprint density at radius 2 is 1.19 bits per heavy atom. The number of hydrogen-bond donors (Lipinski definition) is 0. The Labute approximate surface area is 209 Å². The zero-order valence-electron chi connectivity index (χ0n) is 20.7. The first-order valence-corrected chi connectivity index (χ1v) is 12.4. The van der Waals surface area contributed by atoms with Crippen LogP contribution in [0.4, 0.5) is 0 Å². The Balaban J connectivity index is 1.63. The van der Waals surface area contributed by atoms with Crippen molar-refractivity contribution < 1.29 is 9.47 Å². The molecule has 7 aromatic carbocycles. The van der Waals surface area contributed by atoms with Gasteiger partial charge in [0.05, 0.1) is 14.2 Å². The zero-order chi connectivity index (χ0) is 24.3. The lowest BCUT2D eigenvalue weighted by Gasteiger charge is -2.19. The van der Waals surface area contributed by atoms with Crippen LogP contribution in [0.1, 0.15) is 11.1 Å². The molecule has 0 aromatic heterocycles. The van der Waals surface area contributed by atoms with Gasteiger partial charge in [-0.2, -0.15) is 0 Å². The predicted octanol–water partition coefficient (Wildman–Crippen LogP) is 9.17. The first kappa shape index (κ1) is 19.9. The molecular formula is C34H24O2. The standard InChI is InChI=1S/C34H24O2/c1-17-10-20-11-18(2)13-27-24-15-29-25(14-23(24)26(12-17)31(20)27)28-16-30(35-3)21-7-5-6-19-8-9-22(34(29)36-4)33(28)32(19)21/h5-16H,1-4H3. The first-order valence-electron chi connectivity index (χ1n) is 12.4. The van der Waals surface area contributed by atoms with Crippen LogP contribution in [0.2, 0.25) is 0 Å². The third kappa shape index (κ3) is 2.32. The Morgan fingerprint density at radius 1 is 0.472 bits per heavy atom. The van der Waals surface area contributed by atoms with E-state index >= 15 is 0 Å². The summed E-state index contributed by atoms with van der Waals surface area (Å²) in [5, 5.41) is 12.2. The highest BCUT2D eigenvalue weighted by Gasteiger charge is 2.26. The zero-order valence-corrected chi connectivity index (χ0v) is 20.7. The second-order valence-corrected chi connectivity index (χ2v) is 10.2. The van der Waals surface area contributed by atoms with E-state index in [-0.39, 0.29) is 0 Å². The SMILES string of the molecule is COc1cc2c3cc4c(cc3c(OC)c3ccc5cccc1c5c32)-c1cc(C)cc2cc(C)cc-4c12. The van der Waals surface area contributed by atoms with Crippen molar-refractivity contribution in [1.29, 1.82) is 0 Å². The average Bonchev–Trinajstić information content (AvgIpc) is 3.18. The summed E-state index contributed by atoms with van der Waals surface area (Å²) in [6, 6.07) is 27.1. The van der Waals surface area contributed by atoms with Crippen LogP contribution in [-0.2, 0) is 0 Å². The van der Waals surface area contributed by atoms with Crippen molar-refractivity contribution >= 4 is 53.9 Å². The van der Waals surface area contributed by atoms with Crippen molar-refractivity contribution in [3.63, 3.8) is 0 Å². The summed E-state index contributed by atoms with van der Waals surface area (Å²) >= 11 is 0. The molecule has 0 spiro atoms. The molecule has 0 radical (unpaired) electrons. The van der Waals surface area contributed by atoms with Gasteiger partial charge in [-0.1, -0.05) is 48.5 Å². The van der Waals surface area contributed by atoms with Crippen molar-refractivity contribution in [2.24, 2.45) is 0 Å². The molecule has 172 valence electrons. The van der Waals surface area contributed by atoms with Gasteiger partial charge in [-0.3, -0.25) is 0 Å². The van der Waals surface area contributed by atoms with Crippen LogP contribution in [0.15, 0.2) is 72.8 Å². The number of benzene rings is 7. The lowest BCUT2D eigenvalue weighted by molar-refractivity contribution is 0.420. The molecule has 0 saturated heterocycles. The third-order valence-electron chi connectivity index (χ3n) is 8.14. The molecule has 0 bridgehead atoms. The van der Waals surface area contributed by atoms with Crippen LogP contribution in [0.5, 0.6) is 11.5 Å². The Bertz CT molecular complexity index is 2080. The number of aryl methyl sites for hydroxylation is 2. The number of rotatable bonds is 2. The van der Waals surface area contributed by atoms with Gasteiger partial charge in [0, 0.05) is 26.9 Å². The van der Waals surface area contributed by atoms with E-state index in [1.807, 2.05) is 0 Å². The molecule has 8 rings (SSSR count). The van der Waals surface area contributed by atoms with E-state index in [1.165, 1.54) is 71.1 Å². The third-order valence-corrected chi connectivity index (χ3v) is 8.14. The summed E-state index contributed by atoms with van der Waals surface area (Å²) in [6.07, 6.45) is 0. The molecule has 0 fully saturated rings. The summed E-state index contributed by atoms with van der Waals surface area (Å²) < 4.78 is 12.1. The molecule has 0 amide bonds. The fourth-order valence-electron chi connectivity index (χ4n) is 6.78. The van der Waals surface area contributed by atoms with Crippen LogP contribution in [0.3, 0.4) is 0 Å². The fraction of sp³-hybridized carbons (Fsp3) is 0.118. The number of ether oxygens (including phenoxy) is 2. The Hall–Kier alpha value is -4.30. The van der Waals surface area contributed by atoms with E-state index in [0.717, 1.165) is 27.7 Å². The van der Waals surface area contributed by atoms with E-state index in [0.29, 0.717) is 0 Å². The van der Waals surface area contributed by atoms with Gasteiger partial charge in [-0.25, -0.2) is 0 Å². The van der Waals surface area contributed by atoms with Gasteiger partial charge in [-0.15, -0.1) is 0 Å². The van der Waals surface area contributed by atoms with E-state index in [1.54, 1.807) is 14.2 Å². The molecule has 0 aliphatic heterocycles. The smallest absolute Gasteiger partial charge is 0.134 e. The minimum absolute atomic E-state index is 0.907. The molecule has 2 nitrogen and oxygen atoms in total. The number of fused-ring (bicyclic) bond motifs is 5. The van der Waals surface area contributed by atoms with Crippen LogP contribution in [-0.4, -0.2) is 14.2 Å². The fourth-order valence-corrected chi connectivity index (χ4v) is 6.78. The second kappa shape index (κ2) is 6.67. The summed E-state index contributed by atoms with van der Waals surface area (Å²) in [6.45, 7) is 4.38. The molecule has 36 heavy (non-hydrogen) atoms. The van der Waals surface area contributed by atoms with Crippen molar-refractivity contribution in [3.8, 4) is 33.8 Å². The van der Waals surface area contributed by atoms with Gasteiger partial charge in [0.2, 0.25) is 0 Å². The molecule has 7 aromatic rings. The first-order chi connectivity index (χ1) is 17.6. The molecule has 1 aliphatic carbocycles. The molecule has 0 N–H and O–H groups in total. The van der Waals surface area contributed by atoms with Gasteiger partial charge in [0.25, 0.3) is 0 Å². The molecule has 1 aliphatic rings.